The van der Waals surface area contributed by atoms with Crippen LogP contribution in [-0.4, -0.2) is 30.9 Å². The van der Waals surface area contributed by atoms with Crippen LogP contribution in [0.2, 0.25) is 32.2 Å². The van der Waals surface area contributed by atoms with Crippen molar-refractivity contribution >= 4 is 16.6 Å². The van der Waals surface area contributed by atoms with Crippen LogP contribution >= 0.6 is 0 Å². The summed E-state index contributed by atoms with van der Waals surface area (Å²) in [7, 11) is -0.201. The van der Waals surface area contributed by atoms with Gasteiger partial charge in [-0.05, 0) is 86.9 Å². The van der Waals surface area contributed by atoms with E-state index in [0.717, 1.165) is 17.9 Å². The van der Waals surface area contributed by atoms with Gasteiger partial charge in [0.2, 0.25) is 0 Å². The van der Waals surface area contributed by atoms with Crippen molar-refractivity contribution in [3.63, 3.8) is 0 Å². The Morgan fingerprint density at radius 1 is 0.800 bits per heavy atom. The van der Waals surface area contributed by atoms with E-state index in [0.29, 0.717) is 5.54 Å². The average molecular weight is 445 g/mol. The highest BCUT2D eigenvalue weighted by atomic mass is 28.4. The Morgan fingerprint density at radius 2 is 1.33 bits per heavy atom. The number of benzene rings is 2. The topological polar surface area (TPSA) is 27.7 Å². The maximum absolute atomic E-state index is 7.05. The standard InChI is InChI=1S/C25H40O3Si2/c1-8-10-25(22-14-18-24(27-3)19-15-22)30(6,7)28-29(4,5)20-9-11-21-12-16-23(26-2)17-13-21/h12-19,25H,8-11,20H2,1-7H3. The van der Waals surface area contributed by atoms with Gasteiger partial charge in [-0.3, -0.25) is 0 Å². The first-order chi connectivity index (χ1) is 14.2. The van der Waals surface area contributed by atoms with Gasteiger partial charge in [-0.15, -0.1) is 0 Å². The second-order valence-electron chi connectivity index (χ2n) is 9.28. The quantitative estimate of drug-likeness (QED) is 0.324. The molecule has 0 spiro atoms. The maximum atomic E-state index is 7.05. The van der Waals surface area contributed by atoms with E-state index in [1.54, 1.807) is 14.2 Å². The highest BCUT2D eigenvalue weighted by Crippen LogP contribution is 2.36. The van der Waals surface area contributed by atoms with Gasteiger partial charge in [0.05, 0.1) is 14.2 Å². The number of aryl methyl sites for hydroxylation is 1. The van der Waals surface area contributed by atoms with Crippen LogP contribution in [-0.2, 0) is 10.5 Å². The number of rotatable bonds is 12. The summed E-state index contributed by atoms with van der Waals surface area (Å²) in [4.78, 5) is 0. The summed E-state index contributed by atoms with van der Waals surface area (Å²) >= 11 is 0. The molecule has 0 heterocycles. The van der Waals surface area contributed by atoms with Crippen LogP contribution < -0.4 is 9.47 Å². The first kappa shape index (κ1) is 24.7. The fraction of sp³-hybridized carbons (Fsp3) is 0.520. The van der Waals surface area contributed by atoms with Crippen molar-refractivity contribution in [3.8, 4) is 11.5 Å². The Balaban J connectivity index is 2.00. The third-order valence-corrected chi connectivity index (χ3v) is 14.1. The van der Waals surface area contributed by atoms with E-state index < -0.39 is 16.6 Å². The second-order valence-corrected chi connectivity index (χ2v) is 18.0. The molecule has 1 atom stereocenters. The molecule has 1 unspecified atom stereocenters. The molecule has 0 radical (unpaired) electrons. The highest BCUT2D eigenvalue weighted by molar-refractivity contribution is 6.85. The lowest BCUT2D eigenvalue weighted by molar-refractivity contribution is 0.414. The van der Waals surface area contributed by atoms with Crippen LogP contribution in [0.1, 0.15) is 42.9 Å². The monoisotopic (exact) mass is 444 g/mol. The molecule has 0 N–H and O–H groups in total. The summed E-state index contributed by atoms with van der Waals surface area (Å²) in [5.74, 6) is 1.84. The molecule has 0 bridgehead atoms. The lowest BCUT2D eigenvalue weighted by Gasteiger charge is -2.39. The summed E-state index contributed by atoms with van der Waals surface area (Å²) in [6.45, 7) is 11.9. The van der Waals surface area contributed by atoms with Crippen molar-refractivity contribution in [3.05, 3.63) is 59.7 Å². The summed E-state index contributed by atoms with van der Waals surface area (Å²) in [6, 6.07) is 18.3. The predicted octanol–water partition coefficient (Wildman–Crippen LogP) is 7.19. The Labute approximate surface area is 186 Å². The Hall–Kier alpha value is -1.57. The smallest absolute Gasteiger partial charge is 0.180 e. The van der Waals surface area contributed by atoms with Crippen LogP contribution in [0, 0.1) is 0 Å². The maximum Gasteiger partial charge on any atom is 0.180 e. The normalized spacial score (nSPS) is 13.2. The van der Waals surface area contributed by atoms with Crippen molar-refractivity contribution in [2.75, 3.05) is 14.2 Å². The van der Waals surface area contributed by atoms with E-state index in [9.17, 15) is 0 Å². The summed E-state index contributed by atoms with van der Waals surface area (Å²) in [6.07, 6.45) is 4.64. The fourth-order valence-electron chi connectivity index (χ4n) is 4.39. The molecule has 0 saturated heterocycles. The molecular weight excluding hydrogens is 404 g/mol. The fourth-order valence-corrected chi connectivity index (χ4v) is 14.1. The third kappa shape index (κ3) is 7.29. The predicted molar refractivity (Wildman–Crippen MR) is 133 cm³/mol. The van der Waals surface area contributed by atoms with Crippen LogP contribution in [0.25, 0.3) is 0 Å². The molecule has 0 saturated carbocycles. The number of ether oxygens (including phenoxy) is 2. The largest absolute Gasteiger partial charge is 0.497 e. The lowest BCUT2D eigenvalue weighted by Crippen LogP contribution is -2.48. The van der Waals surface area contributed by atoms with Crippen molar-refractivity contribution in [2.45, 2.75) is 70.4 Å². The molecular formula is C25H40O3Si2. The number of hydrogen-bond acceptors (Lipinski definition) is 3. The van der Waals surface area contributed by atoms with Gasteiger partial charge in [0.1, 0.15) is 11.5 Å². The zero-order valence-electron chi connectivity index (χ0n) is 20.0. The van der Waals surface area contributed by atoms with E-state index in [1.165, 1.54) is 36.4 Å². The van der Waals surface area contributed by atoms with Gasteiger partial charge >= 0.3 is 0 Å². The molecule has 0 aromatic heterocycles. The first-order valence-corrected chi connectivity index (χ1v) is 17.3. The van der Waals surface area contributed by atoms with Gasteiger partial charge in [0.25, 0.3) is 0 Å². The van der Waals surface area contributed by atoms with E-state index in [4.69, 9.17) is 13.6 Å². The highest BCUT2D eigenvalue weighted by Gasteiger charge is 2.39. The van der Waals surface area contributed by atoms with Crippen molar-refractivity contribution < 1.29 is 13.6 Å². The molecule has 166 valence electrons. The SMILES string of the molecule is CCCC(c1ccc(OC)cc1)[Si](C)(C)O[Si](C)(C)CCCc1ccc(OC)cc1. The van der Waals surface area contributed by atoms with Gasteiger partial charge in [-0.2, -0.15) is 0 Å². The van der Waals surface area contributed by atoms with E-state index in [2.05, 4.69) is 81.6 Å². The van der Waals surface area contributed by atoms with Crippen molar-refractivity contribution in [1.82, 2.24) is 0 Å². The van der Waals surface area contributed by atoms with Gasteiger partial charge in [0.15, 0.2) is 16.6 Å². The second kappa shape index (κ2) is 11.2. The zero-order valence-corrected chi connectivity index (χ0v) is 22.0. The Bertz CT molecular complexity index is 755. The minimum atomic E-state index is -1.89. The third-order valence-electron chi connectivity index (χ3n) is 5.88. The van der Waals surface area contributed by atoms with Crippen molar-refractivity contribution in [1.29, 1.82) is 0 Å². The van der Waals surface area contributed by atoms with Crippen LogP contribution in [0.15, 0.2) is 48.5 Å². The lowest BCUT2D eigenvalue weighted by atomic mass is 10.1. The summed E-state index contributed by atoms with van der Waals surface area (Å²) < 4.78 is 17.7. The van der Waals surface area contributed by atoms with Crippen LogP contribution in [0.5, 0.6) is 11.5 Å². The molecule has 0 aliphatic rings. The molecule has 2 aromatic rings. The molecule has 2 rings (SSSR count). The molecule has 30 heavy (non-hydrogen) atoms. The van der Waals surface area contributed by atoms with E-state index in [1.807, 2.05) is 0 Å². The summed E-state index contributed by atoms with van der Waals surface area (Å²) in [5.41, 5.74) is 3.29. The Morgan fingerprint density at radius 3 is 1.83 bits per heavy atom. The minimum absolute atomic E-state index is 0.516. The van der Waals surface area contributed by atoms with Crippen LogP contribution in [0.4, 0.5) is 0 Å². The number of methoxy groups -OCH3 is 2. The van der Waals surface area contributed by atoms with Gasteiger partial charge in [-0.25, -0.2) is 0 Å². The number of hydrogen-bond donors (Lipinski definition) is 0. The molecule has 2 aromatic carbocycles. The van der Waals surface area contributed by atoms with E-state index in [-0.39, 0.29) is 0 Å². The minimum Gasteiger partial charge on any atom is -0.497 e. The van der Waals surface area contributed by atoms with Gasteiger partial charge in [-0.1, -0.05) is 37.6 Å². The average Bonchev–Trinajstić information content (AvgIpc) is 2.71. The van der Waals surface area contributed by atoms with Gasteiger partial charge in [0, 0.05) is 5.54 Å². The summed E-state index contributed by atoms with van der Waals surface area (Å²) in [5, 5.41) is 0. The molecule has 0 amide bonds. The molecule has 0 aliphatic heterocycles. The van der Waals surface area contributed by atoms with Crippen molar-refractivity contribution in [2.24, 2.45) is 0 Å². The van der Waals surface area contributed by atoms with Crippen LogP contribution in [0.3, 0.4) is 0 Å². The molecule has 3 nitrogen and oxygen atoms in total. The first-order valence-electron chi connectivity index (χ1n) is 11.2. The zero-order chi connectivity index (χ0) is 22.2. The Kier molecular flexibility index (Phi) is 9.19. The molecule has 0 aliphatic carbocycles. The molecule has 0 fully saturated rings. The molecule has 5 heteroatoms. The van der Waals surface area contributed by atoms with Gasteiger partial charge < -0.3 is 13.6 Å². The van der Waals surface area contributed by atoms with E-state index >= 15 is 0 Å².